The second-order valence-corrected chi connectivity index (χ2v) is 10.0. The van der Waals surface area contributed by atoms with E-state index in [9.17, 15) is 4.79 Å². The minimum Gasteiger partial charge on any atom is -0.457 e. The van der Waals surface area contributed by atoms with Gasteiger partial charge in [-0.15, -0.1) is 0 Å². The van der Waals surface area contributed by atoms with Crippen LogP contribution in [0.5, 0.6) is 34.5 Å². The van der Waals surface area contributed by atoms with Crippen LogP contribution in [0.1, 0.15) is 15.9 Å². The Bertz CT molecular complexity index is 1460. The third-order valence-electron chi connectivity index (χ3n) is 5.65. The van der Waals surface area contributed by atoms with Gasteiger partial charge in [-0.05, 0) is 63.5 Å². The third kappa shape index (κ3) is 6.23. The molecular formula is C32H24ClO4P. The Morgan fingerprint density at radius 1 is 0.605 bits per heavy atom. The zero-order valence-corrected chi connectivity index (χ0v) is 22.3. The van der Waals surface area contributed by atoms with E-state index in [-0.39, 0.29) is 14.1 Å². The number of carbonyl (C=O) groups is 1. The molecule has 4 nitrogen and oxygen atoms in total. The molecule has 0 saturated carbocycles. The summed E-state index contributed by atoms with van der Waals surface area (Å²) in [6.07, 6.45) is 0. The van der Waals surface area contributed by atoms with Gasteiger partial charge in [-0.2, -0.15) is 0 Å². The van der Waals surface area contributed by atoms with Gasteiger partial charge in [0.15, 0.2) is 5.52 Å². The van der Waals surface area contributed by atoms with Gasteiger partial charge in [0.05, 0.1) is 10.3 Å². The maximum absolute atomic E-state index is 13.6. The molecule has 1 unspecified atom stereocenters. The molecule has 0 aliphatic carbocycles. The van der Waals surface area contributed by atoms with E-state index in [4.69, 9.17) is 25.8 Å². The van der Waals surface area contributed by atoms with Crippen molar-refractivity contribution in [1.29, 1.82) is 0 Å². The fourth-order valence-corrected chi connectivity index (χ4v) is 5.42. The lowest BCUT2D eigenvalue weighted by atomic mass is 10.1. The lowest BCUT2D eigenvalue weighted by molar-refractivity contribution is 0.108. The van der Waals surface area contributed by atoms with E-state index in [0.29, 0.717) is 50.4 Å². The quantitative estimate of drug-likeness (QED) is 0.175. The summed E-state index contributed by atoms with van der Waals surface area (Å²) in [5, 5.41) is 1.03. The standard InChI is InChI=1S/C32H24ClO4P/c1-22-12-11-19-27(33)30(22)32(34)38-31-28(36-24-15-7-3-8-16-24)20-26(35-23-13-5-2-6-14-23)21-29(31)37-25-17-9-4-10-18-25/h2-21,38H,1H3. The molecule has 5 aromatic carbocycles. The number of carbonyl (C=O) groups excluding carboxylic acids is 1. The van der Waals surface area contributed by atoms with E-state index >= 15 is 0 Å². The number of ether oxygens (including phenoxy) is 3. The highest BCUT2D eigenvalue weighted by atomic mass is 35.5. The van der Waals surface area contributed by atoms with Crippen LogP contribution in [-0.4, -0.2) is 5.52 Å². The molecule has 0 N–H and O–H groups in total. The Morgan fingerprint density at radius 2 is 1.08 bits per heavy atom. The molecular weight excluding hydrogens is 515 g/mol. The largest absolute Gasteiger partial charge is 0.457 e. The van der Waals surface area contributed by atoms with Crippen molar-refractivity contribution in [3.8, 4) is 34.5 Å². The van der Waals surface area contributed by atoms with Crippen LogP contribution in [0, 0.1) is 6.92 Å². The minimum atomic E-state index is -0.315. The number of hydrogen-bond acceptors (Lipinski definition) is 4. The highest BCUT2D eigenvalue weighted by Crippen LogP contribution is 2.40. The van der Waals surface area contributed by atoms with Gasteiger partial charge >= 0.3 is 0 Å². The molecule has 188 valence electrons. The zero-order valence-electron chi connectivity index (χ0n) is 20.6. The van der Waals surface area contributed by atoms with E-state index in [1.165, 1.54) is 0 Å². The van der Waals surface area contributed by atoms with Crippen molar-refractivity contribution in [3.63, 3.8) is 0 Å². The van der Waals surface area contributed by atoms with Gasteiger partial charge in [0, 0.05) is 17.7 Å². The fraction of sp³-hybridized carbons (Fsp3) is 0.0312. The highest BCUT2D eigenvalue weighted by Gasteiger charge is 2.22. The SMILES string of the molecule is Cc1cccc(Cl)c1C(=O)Pc1c(Oc2ccccc2)cc(Oc2ccccc2)cc1Oc1ccccc1. The van der Waals surface area contributed by atoms with Crippen molar-refractivity contribution in [2.24, 2.45) is 0 Å². The second-order valence-electron chi connectivity index (χ2n) is 8.43. The molecule has 0 heterocycles. The average molecular weight is 539 g/mol. The first-order valence-electron chi connectivity index (χ1n) is 12.0. The van der Waals surface area contributed by atoms with Crippen LogP contribution in [0.25, 0.3) is 0 Å². The van der Waals surface area contributed by atoms with Crippen molar-refractivity contribution in [1.82, 2.24) is 0 Å². The van der Waals surface area contributed by atoms with Crippen LogP contribution >= 0.6 is 20.2 Å². The Hall–Kier alpha value is -4.11. The minimum absolute atomic E-state index is 0.111. The van der Waals surface area contributed by atoms with E-state index in [1.807, 2.05) is 110 Å². The van der Waals surface area contributed by atoms with Crippen LogP contribution in [0.3, 0.4) is 0 Å². The summed E-state index contributed by atoms with van der Waals surface area (Å²) >= 11 is 6.45. The molecule has 0 saturated heterocycles. The summed E-state index contributed by atoms with van der Waals surface area (Å²) in [6, 6.07) is 37.3. The molecule has 5 aromatic rings. The van der Waals surface area contributed by atoms with Gasteiger partial charge in [0.1, 0.15) is 34.5 Å². The van der Waals surface area contributed by atoms with Crippen molar-refractivity contribution in [2.45, 2.75) is 6.92 Å². The molecule has 5 rings (SSSR count). The second kappa shape index (κ2) is 12.0. The summed E-state index contributed by atoms with van der Waals surface area (Å²) in [6.45, 7) is 1.88. The summed E-state index contributed by atoms with van der Waals surface area (Å²) in [5.74, 6) is 3.37. The first-order chi connectivity index (χ1) is 18.6. The van der Waals surface area contributed by atoms with E-state index in [0.717, 1.165) is 5.56 Å². The predicted molar refractivity (Wildman–Crippen MR) is 154 cm³/mol. The summed E-state index contributed by atoms with van der Waals surface area (Å²) in [5.41, 5.74) is 1.20. The molecule has 0 bridgehead atoms. The van der Waals surface area contributed by atoms with Crippen molar-refractivity contribution >= 4 is 31.0 Å². The number of aryl methyl sites for hydroxylation is 1. The number of para-hydroxylation sites is 3. The summed E-state index contributed by atoms with van der Waals surface area (Å²) in [7, 11) is -0.315. The lowest BCUT2D eigenvalue weighted by Crippen LogP contribution is -2.10. The lowest BCUT2D eigenvalue weighted by Gasteiger charge is -2.18. The molecule has 0 aromatic heterocycles. The molecule has 0 radical (unpaired) electrons. The first-order valence-corrected chi connectivity index (χ1v) is 13.4. The Morgan fingerprint density at radius 3 is 1.55 bits per heavy atom. The van der Waals surface area contributed by atoms with Gasteiger partial charge in [-0.3, -0.25) is 4.79 Å². The molecule has 0 amide bonds. The maximum Gasteiger partial charge on any atom is 0.187 e. The van der Waals surface area contributed by atoms with Crippen LogP contribution in [0.15, 0.2) is 121 Å². The zero-order chi connectivity index (χ0) is 26.3. The van der Waals surface area contributed by atoms with Crippen molar-refractivity contribution in [2.75, 3.05) is 0 Å². The van der Waals surface area contributed by atoms with Gasteiger partial charge in [-0.25, -0.2) is 0 Å². The third-order valence-corrected chi connectivity index (χ3v) is 7.18. The molecule has 0 fully saturated rings. The van der Waals surface area contributed by atoms with E-state index in [2.05, 4.69) is 0 Å². The predicted octanol–water partition coefficient (Wildman–Crippen LogP) is 9.17. The van der Waals surface area contributed by atoms with Gasteiger partial charge < -0.3 is 14.2 Å². The van der Waals surface area contributed by atoms with Crippen LogP contribution in [0.2, 0.25) is 5.02 Å². The molecule has 6 heteroatoms. The van der Waals surface area contributed by atoms with Gasteiger partial charge in [0.25, 0.3) is 0 Å². The smallest absolute Gasteiger partial charge is 0.187 e. The Kier molecular flexibility index (Phi) is 8.04. The fourth-order valence-electron chi connectivity index (χ4n) is 3.86. The normalized spacial score (nSPS) is 10.9. The summed E-state index contributed by atoms with van der Waals surface area (Å²) in [4.78, 5) is 13.6. The number of benzene rings is 5. The Balaban J connectivity index is 1.62. The van der Waals surface area contributed by atoms with Crippen LogP contribution < -0.4 is 19.5 Å². The van der Waals surface area contributed by atoms with Crippen molar-refractivity contribution in [3.05, 3.63) is 137 Å². The molecule has 38 heavy (non-hydrogen) atoms. The first kappa shape index (κ1) is 25.5. The van der Waals surface area contributed by atoms with Crippen molar-refractivity contribution < 1.29 is 19.0 Å². The van der Waals surface area contributed by atoms with Crippen LogP contribution in [-0.2, 0) is 0 Å². The van der Waals surface area contributed by atoms with E-state index in [1.54, 1.807) is 18.2 Å². The molecule has 1 atom stereocenters. The van der Waals surface area contributed by atoms with Crippen LogP contribution in [0.4, 0.5) is 0 Å². The molecule has 0 aliphatic rings. The number of rotatable bonds is 9. The molecule has 0 spiro atoms. The average Bonchev–Trinajstić information content (AvgIpc) is 2.92. The maximum atomic E-state index is 13.6. The monoisotopic (exact) mass is 538 g/mol. The van der Waals surface area contributed by atoms with E-state index < -0.39 is 0 Å². The summed E-state index contributed by atoms with van der Waals surface area (Å²) < 4.78 is 18.8. The topological polar surface area (TPSA) is 44.8 Å². The number of halogens is 1. The Labute approximate surface area is 228 Å². The van der Waals surface area contributed by atoms with Gasteiger partial charge in [-0.1, -0.05) is 78.3 Å². The number of hydrogen-bond donors (Lipinski definition) is 0. The van der Waals surface area contributed by atoms with Gasteiger partial charge in [0.2, 0.25) is 0 Å². The molecule has 0 aliphatic heterocycles. The highest BCUT2D eigenvalue weighted by molar-refractivity contribution is 7.66.